The van der Waals surface area contributed by atoms with Gasteiger partial charge in [0.25, 0.3) is 0 Å². The number of carbonyl (C=O) groups excluding carboxylic acids is 1. The van der Waals surface area contributed by atoms with Crippen LogP contribution in [0.5, 0.6) is 5.75 Å². The fourth-order valence-corrected chi connectivity index (χ4v) is 4.61. The van der Waals surface area contributed by atoms with E-state index in [1.807, 2.05) is 30.9 Å². The number of likely N-dealkylation sites (N-methyl/N-ethyl adjacent to an activating group) is 1. The van der Waals surface area contributed by atoms with Gasteiger partial charge in [0.05, 0.1) is 18.3 Å². The van der Waals surface area contributed by atoms with Crippen LogP contribution in [0.3, 0.4) is 0 Å². The Morgan fingerprint density at radius 1 is 1.28 bits per heavy atom. The van der Waals surface area contributed by atoms with E-state index in [4.69, 9.17) is 14.7 Å². The van der Waals surface area contributed by atoms with Crippen LogP contribution in [0.25, 0.3) is 0 Å². The van der Waals surface area contributed by atoms with Crippen LogP contribution in [-0.2, 0) is 24.3 Å². The van der Waals surface area contributed by atoms with Crippen molar-refractivity contribution in [1.82, 2.24) is 19.8 Å². The molecule has 3 heterocycles. The van der Waals surface area contributed by atoms with Gasteiger partial charge < -0.3 is 19.9 Å². The molecule has 2 aliphatic heterocycles. The summed E-state index contributed by atoms with van der Waals surface area (Å²) < 4.78 is 5.84. The molecular weight excluding hydrogens is 402 g/mol. The number of nitrogens with one attached hydrogen (secondary N) is 1. The van der Waals surface area contributed by atoms with Gasteiger partial charge in [-0.15, -0.1) is 0 Å². The van der Waals surface area contributed by atoms with Gasteiger partial charge in [-0.2, -0.15) is 0 Å². The SMILES string of the molecule is CC(=O)N1CCc2c(nc([C@@H]3CCCN(C)C3)nc2NCc2cccc(OC(C)C)c2)C1. The van der Waals surface area contributed by atoms with Crippen molar-refractivity contribution < 1.29 is 9.53 Å². The Bertz CT molecular complexity index is 961. The molecule has 32 heavy (non-hydrogen) atoms. The Hall–Kier alpha value is -2.67. The Labute approximate surface area is 191 Å². The highest BCUT2D eigenvalue weighted by Gasteiger charge is 2.27. The minimum atomic E-state index is 0.102. The topological polar surface area (TPSA) is 70.6 Å². The summed E-state index contributed by atoms with van der Waals surface area (Å²) in [4.78, 5) is 26.2. The van der Waals surface area contributed by atoms with Gasteiger partial charge >= 0.3 is 0 Å². The quantitative estimate of drug-likeness (QED) is 0.745. The van der Waals surface area contributed by atoms with E-state index in [0.29, 0.717) is 25.6 Å². The van der Waals surface area contributed by atoms with E-state index >= 15 is 0 Å². The molecule has 0 spiro atoms. The number of aromatic nitrogens is 2. The third-order valence-electron chi connectivity index (χ3n) is 6.25. The molecule has 7 heteroatoms. The number of anilines is 1. The molecule has 0 unspecified atom stereocenters. The minimum Gasteiger partial charge on any atom is -0.491 e. The number of rotatable bonds is 6. The van der Waals surface area contributed by atoms with Crippen molar-refractivity contribution in [2.75, 3.05) is 32.0 Å². The number of carbonyl (C=O) groups is 1. The van der Waals surface area contributed by atoms with Crippen LogP contribution in [0.4, 0.5) is 5.82 Å². The first kappa shape index (κ1) is 22.5. The smallest absolute Gasteiger partial charge is 0.219 e. The molecule has 1 amide bonds. The van der Waals surface area contributed by atoms with Crippen LogP contribution in [0, 0.1) is 0 Å². The molecule has 1 aromatic heterocycles. The molecule has 1 saturated heterocycles. The normalized spacial score (nSPS) is 19.0. The summed E-state index contributed by atoms with van der Waals surface area (Å²) >= 11 is 0. The first-order valence-corrected chi connectivity index (χ1v) is 11.7. The second kappa shape index (κ2) is 9.86. The highest BCUT2D eigenvalue weighted by Crippen LogP contribution is 2.30. The molecule has 172 valence electrons. The predicted molar refractivity (Wildman–Crippen MR) is 126 cm³/mol. The lowest BCUT2D eigenvalue weighted by atomic mass is 9.96. The molecule has 1 N–H and O–H groups in total. The molecule has 4 rings (SSSR count). The van der Waals surface area contributed by atoms with Crippen molar-refractivity contribution in [2.45, 2.75) is 65.1 Å². The number of piperidine rings is 1. The number of amides is 1. The summed E-state index contributed by atoms with van der Waals surface area (Å²) in [7, 11) is 2.16. The van der Waals surface area contributed by atoms with Crippen molar-refractivity contribution >= 4 is 11.7 Å². The molecule has 2 aliphatic rings. The monoisotopic (exact) mass is 437 g/mol. The van der Waals surface area contributed by atoms with Crippen LogP contribution in [0.1, 0.15) is 62.2 Å². The van der Waals surface area contributed by atoms with Gasteiger partial charge in [0.15, 0.2) is 0 Å². The lowest BCUT2D eigenvalue weighted by Crippen LogP contribution is -2.36. The van der Waals surface area contributed by atoms with Crippen molar-refractivity contribution in [1.29, 1.82) is 0 Å². The van der Waals surface area contributed by atoms with Gasteiger partial charge in [-0.3, -0.25) is 4.79 Å². The highest BCUT2D eigenvalue weighted by molar-refractivity contribution is 5.73. The first-order valence-electron chi connectivity index (χ1n) is 11.7. The predicted octanol–water partition coefficient (Wildman–Crippen LogP) is 3.59. The third kappa shape index (κ3) is 5.38. The zero-order valence-electron chi connectivity index (χ0n) is 19.7. The lowest BCUT2D eigenvalue weighted by molar-refractivity contribution is -0.129. The summed E-state index contributed by atoms with van der Waals surface area (Å²) in [6.07, 6.45) is 3.19. The molecule has 0 saturated carbocycles. The molecule has 0 bridgehead atoms. The summed E-state index contributed by atoms with van der Waals surface area (Å²) in [6, 6.07) is 8.19. The summed E-state index contributed by atoms with van der Waals surface area (Å²) in [5.74, 6) is 3.13. The van der Waals surface area contributed by atoms with Crippen molar-refractivity contribution in [3.63, 3.8) is 0 Å². The molecule has 7 nitrogen and oxygen atoms in total. The van der Waals surface area contributed by atoms with Crippen LogP contribution in [0.2, 0.25) is 0 Å². The molecule has 1 atom stereocenters. The fraction of sp³-hybridized carbons (Fsp3) is 0.560. The van der Waals surface area contributed by atoms with Crippen molar-refractivity contribution in [2.24, 2.45) is 0 Å². The number of nitrogens with zero attached hydrogens (tertiary/aromatic N) is 4. The molecular formula is C25H35N5O2. The molecule has 0 radical (unpaired) electrons. The van der Waals surface area contributed by atoms with Gasteiger partial charge in [-0.25, -0.2) is 9.97 Å². The number of benzene rings is 1. The van der Waals surface area contributed by atoms with Crippen LogP contribution < -0.4 is 10.1 Å². The number of hydrogen-bond acceptors (Lipinski definition) is 6. The maximum absolute atomic E-state index is 12.0. The minimum absolute atomic E-state index is 0.102. The number of fused-ring (bicyclic) bond motifs is 1. The van der Waals surface area contributed by atoms with E-state index in [0.717, 1.165) is 66.6 Å². The Morgan fingerprint density at radius 2 is 2.12 bits per heavy atom. The Morgan fingerprint density at radius 3 is 2.88 bits per heavy atom. The standard InChI is InChI=1S/C25H35N5O2/c1-17(2)32-21-9-5-7-19(13-21)14-26-25-22-10-12-30(18(3)31)16-23(22)27-24(28-25)20-8-6-11-29(4)15-20/h5,7,9,13,17,20H,6,8,10-12,14-16H2,1-4H3,(H,26,27,28)/t20-/m1/s1. The maximum atomic E-state index is 12.0. The van der Waals surface area contributed by atoms with E-state index in [9.17, 15) is 4.79 Å². The van der Waals surface area contributed by atoms with Crippen molar-refractivity contribution in [3.05, 3.63) is 46.9 Å². The summed E-state index contributed by atoms with van der Waals surface area (Å²) in [5, 5.41) is 3.58. The molecule has 1 fully saturated rings. The van der Waals surface area contributed by atoms with Crippen molar-refractivity contribution in [3.8, 4) is 5.75 Å². The van der Waals surface area contributed by atoms with E-state index in [-0.39, 0.29) is 12.0 Å². The van der Waals surface area contributed by atoms with E-state index in [2.05, 4.69) is 29.4 Å². The third-order valence-corrected chi connectivity index (χ3v) is 6.25. The van der Waals surface area contributed by atoms with Crippen LogP contribution in [-0.4, -0.2) is 58.5 Å². The molecule has 2 aromatic rings. The Kier molecular flexibility index (Phi) is 6.94. The zero-order chi connectivity index (χ0) is 22.7. The Balaban J connectivity index is 1.59. The maximum Gasteiger partial charge on any atom is 0.219 e. The zero-order valence-corrected chi connectivity index (χ0v) is 19.7. The van der Waals surface area contributed by atoms with Gasteiger partial charge in [-0.1, -0.05) is 12.1 Å². The number of ether oxygens (including phenoxy) is 1. The van der Waals surface area contributed by atoms with E-state index in [1.165, 1.54) is 0 Å². The molecule has 0 aliphatic carbocycles. The average molecular weight is 438 g/mol. The largest absolute Gasteiger partial charge is 0.491 e. The van der Waals surface area contributed by atoms with Gasteiger partial charge in [0.1, 0.15) is 17.4 Å². The second-order valence-corrected chi connectivity index (χ2v) is 9.32. The summed E-state index contributed by atoms with van der Waals surface area (Å²) in [5.41, 5.74) is 3.28. The average Bonchev–Trinajstić information content (AvgIpc) is 2.76. The van der Waals surface area contributed by atoms with Gasteiger partial charge in [-0.05, 0) is 64.4 Å². The van der Waals surface area contributed by atoms with Gasteiger partial charge in [0, 0.05) is 38.0 Å². The highest BCUT2D eigenvalue weighted by atomic mass is 16.5. The summed E-state index contributed by atoms with van der Waals surface area (Å²) in [6.45, 7) is 9.74. The lowest BCUT2D eigenvalue weighted by Gasteiger charge is -2.32. The van der Waals surface area contributed by atoms with Gasteiger partial charge in [0.2, 0.25) is 5.91 Å². The number of hydrogen-bond donors (Lipinski definition) is 1. The second-order valence-electron chi connectivity index (χ2n) is 9.32. The van der Waals surface area contributed by atoms with Crippen LogP contribution in [0.15, 0.2) is 24.3 Å². The fourth-order valence-electron chi connectivity index (χ4n) is 4.61. The first-order chi connectivity index (χ1) is 15.4. The van der Waals surface area contributed by atoms with Crippen LogP contribution >= 0.6 is 0 Å². The van der Waals surface area contributed by atoms with E-state index in [1.54, 1.807) is 6.92 Å². The number of likely N-dealkylation sites (tertiary alicyclic amines) is 1. The van der Waals surface area contributed by atoms with E-state index < -0.39 is 0 Å². The molecule has 1 aromatic carbocycles.